The molecule has 2 aromatic heterocycles. The maximum absolute atomic E-state index is 12.0. The highest BCUT2D eigenvalue weighted by atomic mass is 79.9. The van der Waals surface area contributed by atoms with Crippen molar-refractivity contribution < 1.29 is 8.42 Å². The average Bonchev–Trinajstić information content (AvgIpc) is 2.68. The second kappa shape index (κ2) is 5.27. The Morgan fingerprint density at radius 1 is 1.42 bits per heavy atom. The van der Waals surface area contributed by atoms with Crippen molar-refractivity contribution in [1.29, 1.82) is 0 Å². The fourth-order valence-electron chi connectivity index (χ4n) is 1.42. The third-order valence-corrected chi connectivity index (χ3v) is 4.31. The highest BCUT2D eigenvalue weighted by Gasteiger charge is 2.16. The fraction of sp³-hybridized carbons (Fsp3) is 0.200. The van der Waals surface area contributed by atoms with E-state index in [1.54, 1.807) is 7.05 Å². The number of halogens is 1. The van der Waals surface area contributed by atoms with Crippen molar-refractivity contribution in [2.24, 2.45) is 7.05 Å². The van der Waals surface area contributed by atoms with Crippen LogP contribution >= 0.6 is 15.9 Å². The first-order chi connectivity index (χ1) is 8.90. The van der Waals surface area contributed by atoms with Gasteiger partial charge in [-0.05, 0) is 22.0 Å². The Labute approximate surface area is 119 Å². The molecule has 0 radical (unpaired) electrons. The normalized spacial score (nSPS) is 11.7. The molecule has 0 atom stereocenters. The van der Waals surface area contributed by atoms with E-state index in [0.717, 1.165) is 0 Å². The third kappa shape index (κ3) is 3.11. The van der Waals surface area contributed by atoms with E-state index in [-0.39, 0.29) is 11.4 Å². The summed E-state index contributed by atoms with van der Waals surface area (Å²) >= 11 is 3.18. The van der Waals surface area contributed by atoms with Crippen LogP contribution in [0.5, 0.6) is 0 Å². The summed E-state index contributed by atoms with van der Waals surface area (Å²) in [7, 11) is -1.94. The monoisotopic (exact) mass is 345 g/mol. The molecule has 2 rings (SSSR count). The minimum absolute atomic E-state index is 0.0779. The minimum atomic E-state index is -3.62. The number of nitrogens with zero attached hydrogens (tertiary/aromatic N) is 3. The molecule has 0 bridgehead atoms. The largest absolute Gasteiger partial charge is 0.384 e. The fourth-order valence-corrected chi connectivity index (χ4v) is 2.93. The molecule has 0 spiro atoms. The van der Waals surface area contributed by atoms with Crippen LogP contribution < -0.4 is 10.5 Å². The smallest absolute Gasteiger partial charge is 0.242 e. The first-order valence-electron chi connectivity index (χ1n) is 5.27. The second-order valence-corrected chi connectivity index (χ2v) is 6.52. The summed E-state index contributed by atoms with van der Waals surface area (Å²) in [6.45, 7) is 0.0779. The van der Waals surface area contributed by atoms with E-state index in [9.17, 15) is 8.42 Å². The molecular weight excluding hydrogens is 334 g/mol. The summed E-state index contributed by atoms with van der Waals surface area (Å²) in [5.74, 6) is 0.426. The van der Waals surface area contributed by atoms with Gasteiger partial charge < -0.3 is 5.73 Å². The zero-order valence-corrected chi connectivity index (χ0v) is 12.4. The SMILES string of the molecule is Cn1ncc(CNS(=O)(=O)c2cncc(Br)c2)c1N. The third-order valence-electron chi connectivity index (χ3n) is 2.51. The number of hydrogen-bond acceptors (Lipinski definition) is 5. The molecule has 19 heavy (non-hydrogen) atoms. The van der Waals surface area contributed by atoms with Crippen molar-refractivity contribution in [3.63, 3.8) is 0 Å². The molecule has 0 saturated carbocycles. The van der Waals surface area contributed by atoms with Gasteiger partial charge in [-0.25, -0.2) is 13.1 Å². The first kappa shape index (κ1) is 14.0. The summed E-state index contributed by atoms with van der Waals surface area (Å²) in [5.41, 5.74) is 6.36. The number of aromatic nitrogens is 3. The van der Waals surface area contributed by atoms with Gasteiger partial charge in [-0.1, -0.05) is 0 Å². The van der Waals surface area contributed by atoms with Crippen LogP contribution in [-0.4, -0.2) is 23.2 Å². The molecule has 0 aromatic carbocycles. The van der Waals surface area contributed by atoms with Crippen LogP contribution in [0.1, 0.15) is 5.56 Å². The molecule has 0 aliphatic carbocycles. The average molecular weight is 346 g/mol. The Morgan fingerprint density at radius 2 is 2.16 bits per heavy atom. The highest BCUT2D eigenvalue weighted by molar-refractivity contribution is 9.10. The molecule has 0 aliphatic heterocycles. The molecular formula is C10H12BrN5O2S. The number of aryl methyl sites for hydroxylation is 1. The van der Waals surface area contributed by atoms with Crippen molar-refractivity contribution in [3.05, 3.63) is 34.7 Å². The van der Waals surface area contributed by atoms with Gasteiger partial charge in [0.25, 0.3) is 0 Å². The van der Waals surface area contributed by atoms with Gasteiger partial charge in [-0.15, -0.1) is 0 Å². The Morgan fingerprint density at radius 3 is 2.74 bits per heavy atom. The quantitative estimate of drug-likeness (QED) is 0.846. The van der Waals surface area contributed by atoms with E-state index in [1.807, 2.05) is 0 Å². The number of pyridine rings is 1. The number of sulfonamides is 1. The number of hydrogen-bond donors (Lipinski definition) is 2. The molecule has 9 heteroatoms. The molecule has 0 unspecified atom stereocenters. The Kier molecular flexibility index (Phi) is 3.88. The molecule has 0 saturated heterocycles. The van der Waals surface area contributed by atoms with Crippen LogP contribution in [0.3, 0.4) is 0 Å². The van der Waals surface area contributed by atoms with Crippen LogP contribution in [0, 0.1) is 0 Å². The van der Waals surface area contributed by atoms with Gasteiger partial charge in [0, 0.05) is 36.0 Å². The minimum Gasteiger partial charge on any atom is -0.384 e. The van der Waals surface area contributed by atoms with E-state index in [4.69, 9.17) is 5.73 Å². The molecule has 0 fully saturated rings. The number of nitrogens with one attached hydrogen (secondary N) is 1. The van der Waals surface area contributed by atoms with Crippen molar-refractivity contribution in [3.8, 4) is 0 Å². The van der Waals surface area contributed by atoms with Crippen molar-refractivity contribution in [1.82, 2.24) is 19.5 Å². The standard InChI is InChI=1S/C10H12BrN5O2S/c1-16-10(12)7(3-14-16)4-15-19(17,18)9-2-8(11)5-13-6-9/h2-3,5-6,15H,4,12H2,1H3. The van der Waals surface area contributed by atoms with Crippen molar-refractivity contribution in [2.45, 2.75) is 11.4 Å². The van der Waals surface area contributed by atoms with Crippen molar-refractivity contribution in [2.75, 3.05) is 5.73 Å². The van der Waals surface area contributed by atoms with E-state index >= 15 is 0 Å². The summed E-state index contributed by atoms with van der Waals surface area (Å²) in [4.78, 5) is 3.91. The second-order valence-electron chi connectivity index (χ2n) is 3.84. The lowest BCUT2D eigenvalue weighted by atomic mass is 10.3. The summed E-state index contributed by atoms with van der Waals surface area (Å²) in [6, 6.07) is 1.47. The molecule has 2 aromatic rings. The molecule has 102 valence electrons. The highest BCUT2D eigenvalue weighted by Crippen LogP contribution is 2.15. The Bertz CT molecular complexity index is 698. The lowest BCUT2D eigenvalue weighted by Gasteiger charge is -2.06. The van der Waals surface area contributed by atoms with Crippen LogP contribution in [-0.2, 0) is 23.6 Å². The van der Waals surface area contributed by atoms with E-state index < -0.39 is 10.0 Å². The molecule has 0 aliphatic rings. The van der Waals surface area contributed by atoms with Gasteiger partial charge in [0.05, 0.1) is 6.20 Å². The van der Waals surface area contributed by atoms with Crippen LogP contribution in [0.4, 0.5) is 5.82 Å². The van der Waals surface area contributed by atoms with Crippen molar-refractivity contribution >= 4 is 31.8 Å². The molecule has 2 heterocycles. The molecule has 7 nitrogen and oxygen atoms in total. The van der Waals surface area contributed by atoms with Crippen LogP contribution in [0.2, 0.25) is 0 Å². The number of rotatable bonds is 4. The summed E-state index contributed by atoms with van der Waals surface area (Å²) in [5, 5.41) is 3.94. The van der Waals surface area contributed by atoms with Gasteiger partial charge in [-0.3, -0.25) is 9.67 Å². The predicted octanol–water partition coefficient (Wildman–Crippen LogP) is 0.638. The van der Waals surface area contributed by atoms with E-state index in [1.165, 1.54) is 29.3 Å². The molecule has 3 N–H and O–H groups in total. The van der Waals surface area contributed by atoms with Gasteiger partial charge in [0.2, 0.25) is 10.0 Å². The Balaban J connectivity index is 2.17. The number of nitrogens with two attached hydrogens (primary N) is 1. The molecule has 0 amide bonds. The maximum Gasteiger partial charge on any atom is 0.242 e. The lowest BCUT2D eigenvalue weighted by Crippen LogP contribution is -2.23. The number of nitrogen functional groups attached to an aromatic ring is 1. The zero-order chi connectivity index (χ0) is 14.0. The Hall–Kier alpha value is -1.45. The van der Waals surface area contributed by atoms with Crippen LogP contribution in [0.25, 0.3) is 0 Å². The van der Waals surface area contributed by atoms with Gasteiger partial charge in [-0.2, -0.15) is 5.10 Å². The number of anilines is 1. The summed E-state index contributed by atoms with van der Waals surface area (Å²) < 4.78 is 28.6. The summed E-state index contributed by atoms with van der Waals surface area (Å²) in [6.07, 6.45) is 4.31. The van der Waals surface area contributed by atoms with Gasteiger partial charge in [0.1, 0.15) is 10.7 Å². The van der Waals surface area contributed by atoms with E-state index in [0.29, 0.717) is 15.9 Å². The van der Waals surface area contributed by atoms with E-state index in [2.05, 4.69) is 30.7 Å². The van der Waals surface area contributed by atoms with Gasteiger partial charge >= 0.3 is 0 Å². The van der Waals surface area contributed by atoms with Crippen LogP contribution in [0.15, 0.2) is 34.0 Å². The van der Waals surface area contributed by atoms with Gasteiger partial charge in [0.15, 0.2) is 0 Å². The lowest BCUT2D eigenvalue weighted by molar-refractivity contribution is 0.581. The maximum atomic E-state index is 12.0. The first-order valence-corrected chi connectivity index (χ1v) is 7.54. The topological polar surface area (TPSA) is 103 Å². The zero-order valence-electron chi connectivity index (χ0n) is 10.0. The predicted molar refractivity (Wildman–Crippen MR) is 73.6 cm³/mol.